The molecular formula is C24H25F3N2O5. The number of alkyl halides is 3. The molecule has 0 saturated heterocycles. The van der Waals surface area contributed by atoms with Crippen LogP contribution in [0.5, 0.6) is 11.6 Å². The van der Waals surface area contributed by atoms with E-state index in [2.05, 4.69) is 10.2 Å². The van der Waals surface area contributed by atoms with Crippen LogP contribution in [0.1, 0.15) is 59.5 Å². The van der Waals surface area contributed by atoms with Crippen molar-refractivity contribution in [2.45, 2.75) is 44.2 Å². The summed E-state index contributed by atoms with van der Waals surface area (Å²) in [7, 11) is 1.49. The molecule has 10 heteroatoms. The normalized spacial score (nSPS) is 24.4. The molecule has 0 aliphatic heterocycles. The molecule has 34 heavy (non-hydrogen) atoms. The van der Waals surface area contributed by atoms with Gasteiger partial charge < -0.3 is 14.6 Å². The number of ether oxygens (including phenoxy) is 2. The van der Waals surface area contributed by atoms with E-state index in [1.54, 1.807) is 18.2 Å². The van der Waals surface area contributed by atoms with Crippen molar-refractivity contribution in [3.63, 3.8) is 0 Å². The van der Waals surface area contributed by atoms with Crippen molar-refractivity contribution in [2.24, 2.45) is 17.8 Å². The lowest BCUT2D eigenvalue weighted by Crippen LogP contribution is -2.29. The first kappa shape index (κ1) is 24.0. The summed E-state index contributed by atoms with van der Waals surface area (Å²) in [6.07, 6.45) is -1.33. The molecule has 1 aromatic carbocycles. The number of halogens is 3. The number of carboxylic acid groups (broad SMARTS) is 1. The molecular weight excluding hydrogens is 453 g/mol. The molecule has 4 rings (SSSR count). The van der Waals surface area contributed by atoms with E-state index in [4.69, 9.17) is 9.47 Å². The Morgan fingerprint density at radius 3 is 2.47 bits per heavy atom. The monoisotopic (exact) mass is 478 g/mol. The van der Waals surface area contributed by atoms with Crippen LogP contribution < -0.4 is 9.47 Å². The van der Waals surface area contributed by atoms with Gasteiger partial charge in [-0.1, -0.05) is 0 Å². The van der Waals surface area contributed by atoms with E-state index in [1.165, 1.54) is 19.4 Å². The van der Waals surface area contributed by atoms with Gasteiger partial charge >= 0.3 is 12.1 Å². The Bertz CT molecular complexity index is 1070. The summed E-state index contributed by atoms with van der Waals surface area (Å²) in [6, 6.07) is 6.35. The minimum atomic E-state index is -4.15. The van der Waals surface area contributed by atoms with E-state index in [0.29, 0.717) is 36.1 Å². The second-order valence-corrected chi connectivity index (χ2v) is 8.93. The third kappa shape index (κ3) is 5.31. The molecule has 0 bridgehead atoms. The number of hydrogen-bond donors (Lipinski definition) is 1. The van der Waals surface area contributed by atoms with Gasteiger partial charge in [0.15, 0.2) is 5.78 Å². The Morgan fingerprint density at radius 2 is 1.85 bits per heavy atom. The SMILES string of the molecule is COc1ccc(C(=O)c2cnnc(OC[C@H]3CC[C@H](C(F)(F)F)CC3)c2)cc1[C@H]1C[C@@H]1C(=O)O. The van der Waals surface area contributed by atoms with E-state index in [-0.39, 0.29) is 48.5 Å². The zero-order chi connectivity index (χ0) is 24.5. The topological polar surface area (TPSA) is 98.6 Å². The number of aromatic nitrogens is 2. The third-order valence-electron chi connectivity index (χ3n) is 6.67. The van der Waals surface area contributed by atoms with Crippen LogP contribution in [0.4, 0.5) is 13.2 Å². The molecule has 2 aromatic rings. The van der Waals surface area contributed by atoms with Crippen molar-refractivity contribution in [1.82, 2.24) is 10.2 Å². The highest BCUT2D eigenvalue weighted by Crippen LogP contribution is 2.50. The third-order valence-corrected chi connectivity index (χ3v) is 6.67. The maximum Gasteiger partial charge on any atom is 0.391 e. The second kappa shape index (κ2) is 9.60. The van der Waals surface area contributed by atoms with E-state index in [9.17, 15) is 27.9 Å². The van der Waals surface area contributed by atoms with Gasteiger partial charge in [0.05, 0.1) is 31.7 Å². The highest BCUT2D eigenvalue weighted by atomic mass is 19.4. The van der Waals surface area contributed by atoms with Gasteiger partial charge in [0.1, 0.15) is 5.75 Å². The number of nitrogens with zero attached hydrogens (tertiary/aromatic N) is 2. The maximum absolute atomic E-state index is 13.1. The van der Waals surface area contributed by atoms with Gasteiger partial charge in [0.25, 0.3) is 0 Å². The molecule has 0 unspecified atom stereocenters. The number of carbonyl (C=O) groups excluding carboxylic acids is 1. The van der Waals surface area contributed by atoms with Crippen LogP contribution in [0.15, 0.2) is 30.5 Å². The maximum atomic E-state index is 13.1. The first-order chi connectivity index (χ1) is 16.2. The number of carbonyl (C=O) groups is 2. The molecule has 2 aliphatic rings. The number of methoxy groups -OCH3 is 1. The Balaban J connectivity index is 1.41. The van der Waals surface area contributed by atoms with E-state index >= 15 is 0 Å². The average Bonchev–Trinajstić information content (AvgIpc) is 3.63. The average molecular weight is 478 g/mol. The Labute approximate surface area is 194 Å². The first-order valence-electron chi connectivity index (χ1n) is 11.1. The predicted octanol–water partition coefficient (Wildman–Crippen LogP) is 4.65. The molecule has 2 fully saturated rings. The summed E-state index contributed by atoms with van der Waals surface area (Å²) in [4.78, 5) is 24.3. The van der Waals surface area contributed by atoms with Gasteiger partial charge in [0, 0.05) is 23.1 Å². The zero-order valence-electron chi connectivity index (χ0n) is 18.5. The number of benzene rings is 1. The molecule has 2 atom stereocenters. The van der Waals surface area contributed by atoms with Crippen LogP contribution in [0.2, 0.25) is 0 Å². The number of ketones is 1. The largest absolute Gasteiger partial charge is 0.496 e. The highest BCUT2D eigenvalue weighted by Gasteiger charge is 2.46. The minimum Gasteiger partial charge on any atom is -0.496 e. The summed E-state index contributed by atoms with van der Waals surface area (Å²) in [5.41, 5.74) is 1.28. The van der Waals surface area contributed by atoms with Crippen LogP contribution in [-0.2, 0) is 4.79 Å². The molecule has 0 radical (unpaired) electrons. The number of rotatable bonds is 8. The minimum absolute atomic E-state index is 0.00960. The molecule has 0 spiro atoms. The van der Waals surface area contributed by atoms with Crippen LogP contribution in [0.25, 0.3) is 0 Å². The van der Waals surface area contributed by atoms with Gasteiger partial charge in [-0.2, -0.15) is 18.3 Å². The smallest absolute Gasteiger partial charge is 0.391 e. The highest BCUT2D eigenvalue weighted by molar-refractivity contribution is 6.09. The zero-order valence-corrected chi connectivity index (χ0v) is 18.5. The van der Waals surface area contributed by atoms with Crippen molar-refractivity contribution < 1.29 is 37.3 Å². The number of hydrogen-bond acceptors (Lipinski definition) is 6. The van der Waals surface area contributed by atoms with Gasteiger partial charge in [-0.25, -0.2) is 0 Å². The Morgan fingerprint density at radius 1 is 1.12 bits per heavy atom. The first-order valence-corrected chi connectivity index (χ1v) is 11.1. The molecule has 1 aromatic heterocycles. The van der Waals surface area contributed by atoms with E-state index in [0.717, 1.165) is 0 Å². The molecule has 7 nitrogen and oxygen atoms in total. The Hall–Kier alpha value is -3.17. The molecule has 1 N–H and O–H groups in total. The van der Waals surface area contributed by atoms with Gasteiger partial charge in [-0.15, -0.1) is 5.10 Å². The van der Waals surface area contributed by atoms with Crippen LogP contribution in [0.3, 0.4) is 0 Å². The lowest BCUT2D eigenvalue weighted by Gasteiger charge is -2.29. The lowest BCUT2D eigenvalue weighted by molar-refractivity contribution is -0.184. The summed E-state index contributed by atoms with van der Waals surface area (Å²) in [5.74, 6) is -2.51. The van der Waals surface area contributed by atoms with Crippen molar-refractivity contribution in [3.05, 3.63) is 47.2 Å². The van der Waals surface area contributed by atoms with Gasteiger partial charge in [0.2, 0.25) is 5.88 Å². The second-order valence-electron chi connectivity index (χ2n) is 8.93. The Kier molecular flexibility index (Phi) is 6.77. The summed E-state index contributed by atoms with van der Waals surface area (Å²) >= 11 is 0. The summed E-state index contributed by atoms with van der Waals surface area (Å²) in [5, 5.41) is 17.0. The summed E-state index contributed by atoms with van der Waals surface area (Å²) in [6.45, 7) is 0.210. The fraction of sp³-hybridized carbons (Fsp3) is 0.500. The van der Waals surface area contributed by atoms with Gasteiger partial charge in [-0.3, -0.25) is 9.59 Å². The number of aliphatic carboxylic acids is 1. The molecule has 2 saturated carbocycles. The van der Waals surface area contributed by atoms with Crippen molar-refractivity contribution in [2.75, 3.05) is 13.7 Å². The molecule has 2 aliphatic carbocycles. The van der Waals surface area contributed by atoms with Crippen LogP contribution in [-0.4, -0.2) is 46.9 Å². The quantitative estimate of drug-likeness (QED) is 0.552. The predicted molar refractivity (Wildman–Crippen MR) is 114 cm³/mol. The van der Waals surface area contributed by atoms with Crippen LogP contribution >= 0.6 is 0 Å². The number of carboxylic acids is 1. The molecule has 182 valence electrons. The molecule has 0 amide bonds. The fourth-order valence-electron chi connectivity index (χ4n) is 4.55. The lowest BCUT2D eigenvalue weighted by atomic mass is 9.82. The van der Waals surface area contributed by atoms with Crippen molar-refractivity contribution in [1.29, 1.82) is 0 Å². The fourth-order valence-corrected chi connectivity index (χ4v) is 4.55. The standard InChI is InChI=1S/C24H25F3N2O5/c1-33-20-7-4-14(8-18(20)17-10-19(17)23(31)32)22(30)15-9-21(29-28-11-15)34-12-13-2-5-16(6-3-13)24(25,26)27/h4,7-9,11,13,16-17,19H,2-3,5-6,10,12H2,1H3,(H,31,32)/t13-,16-,17-,19+/m1/s1. The van der Waals surface area contributed by atoms with Gasteiger partial charge in [-0.05, 0) is 61.8 Å². The van der Waals surface area contributed by atoms with Crippen molar-refractivity contribution in [3.8, 4) is 11.6 Å². The van der Waals surface area contributed by atoms with Crippen molar-refractivity contribution >= 4 is 11.8 Å². The molecule has 1 heterocycles. The summed E-state index contributed by atoms with van der Waals surface area (Å²) < 4.78 is 49.5. The van der Waals surface area contributed by atoms with E-state index < -0.39 is 24.0 Å². The van der Waals surface area contributed by atoms with E-state index in [1.807, 2.05) is 0 Å². The van der Waals surface area contributed by atoms with Crippen LogP contribution in [0, 0.1) is 17.8 Å².